The highest BCUT2D eigenvalue weighted by molar-refractivity contribution is 7.89. The van der Waals surface area contributed by atoms with Gasteiger partial charge in [0.05, 0.1) is 11.5 Å². The summed E-state index contributed by atoms with van der Waals surface area (Å²) < 4.78 is 44.2. The van der Waals surface area contributed by atoms with E-state index < -0.39 is 28.1 Å². The van der Waals surface area contributed by atoms with Crippen LogP contribution in [0.15, 0.2) is 29.2 Å². The van der Waals surface area contributed by atoms with Gasteiger partial charge in [0.25, 0.3) is 0 Å². The Morgan fingerprint density at radius 2 is 2.19 bits per heavy atom. The summed E-state index contributed by atoms with van der Waals surface area (Å²) in [5, 5.41) is 8.56. The Bertz CT molecular complexity index is 627. The quantitative estimate of drug-likeness (QED) is 0.850. The van der Waals surface area contributed by atoms with Crippen molar-refractivity contribution >= 4 is 16.0 Å². The van der Waals surface area contributed by atoms with Crippen molar-refractivity contribution in [2.24, 2.45) is 5.92 Å². The van der Waals surface area contributed by atoms with E-state index in [9.17, 15) is 17.6 Å². The lowest BCUT2D eigenvalue weighted by Crippen LogP contribution is -2.54. The number of benzene rings is 1. The predicted octanol–water partition coefficient (Wildman–Crippen LogP) is 1.13. The molecular weight excluding hydrogens is 301 g/mol. The highest BCUT2D eigenvalue weighted by Gasteiger charge is 2.43. The van der Waals surface area contributed by atoms with Gasteiger partial charge in [-0.25, -0.2) is 17.6 Å². The van der Waals surface area contributed by atoms with Crippen LogP contribution >= 0.6 is 0 Å². The van der Waals surface area contributed by atoms with Gasteiger partial charge < -0.3 is 9.84 Å². The third-order valence-corrected chi connectivity index (χ3v) is 5.11. The summed E-state index contributed by atoms with van der Waals surface area (Å²) in [6, 6.07) is 6.03. The molecule has 6 nitrogen and oxygen atoms in total. The van der Waals surface area contributed by atoms with Crippen LogP contribution in [0, 0.1) is 5.92 Å². The molecule has 1 aromatic rings. The molecule has 2 rings (SSSR count). The molecule has 1 N–H and O–H groups in total. The van der Waals surface area contributed by atoms with E-state index in [4.69, 9.17) is 9.84 Å². The average molecular weight is 317 g/mol. The number of hydrogen-bond acceptors (Lipinski definition) is 4. The summed E-state index contributed by atoms with van der Waals surface area (Å²) in [7, 11) is -3.74. The van der Waals surface area contributed by atoms with Crippen molar-refractivity contribution < 1.29 is 27.4 Å². The molecule has 21 heavy (non-hydrogen) atoms. The molecule has 0 aliphatic carbocycles. The monoisotopic (exact) mass is 317 g/mol. The van der Waals surface area contributed by atoms with E-state index in [0.29, 0.717) is 12.4 Å². The summed E-state index contributed by atoms with van der Waals surface area (Å²) in [4.78, 5) is 10.6. The van der Waals surface area contributed by atoms with Crippen molar-refractivity contribution in [3.05, 3.63) is 24.3 Å². The first-order valence-electron chi connectivity index (χ1n) is 6.46. The van der Waals surface area contributed by atoms with Gasteiger partial charge in [-0.3, -0.25) is 0 Å². The fourth-order valence-electron chi connectivity index (χ4n) is 2.09. The number of nitrogens with zero attached hydrogens (tertiary/aromatic N) is 1. The normalized spacial score (nSPS) is 18.0. The molecule has 1 aromatic carbocycles. The van der Waals surface area contributed by atoms with Gasteiger partial charge in [-0.2, -0.15) is 4.31 Å². The maximum Gasteiger partial charge on any atom is 0.338 e. The van der Waals surface area contributed by atoms with Crippen LogP contribution in [0.25, 0.3) is 0 Å². The van der Waals surface area contributed by atoms with Crippen LogP contribution < -0.4 is 4.74 Å². The lowest BCUT2D eigenvalue weighted by Gasteiger charge is -2.38. The number of ether oxygens (including phenoxy) is 1. The first-order chi connectivity index (χ1) is 9.86. The summed E-state index contributed by atoms with van der Waals surface area (Å²) in [6.07, 6.45) is -2.04. The zero-order valence-electron chi connectivity index (χ0n) is 11.4. The lowest BCUT2D eigenvalue weighted by atomic mass is 9.98. The minimum Gasteiger partial charge on any atom is -0.494 e. The van der Waals surface area contributed by atoms with Crippen LogP contribution in [0.2, 0.25) is 0 Å². The smallest absolute Gasteiger partial charge is 0.338 e. The summed E-state index contributed by atoms with van der Waals surface area (Å²) in [5.74, 6) is -1.92. The Morgan fingerprint density at radius 3 is 2.76 bits per heavy atom. The summed E-state index contributed by atoms with van der Waals surface area (Å²) >= 11 is 0. The Morgan fingerprint density at radius 1 is 1.52 bits per heavy atom. The highest BCUT2D eigenvalue weighted by Crippen LogP contribution is 2.29. The van der Waals surface area contributed by atoms with Crippen molar-refractivity contribution in [2.45, 2.75) is 18.0 Å². The number of rotatable bonds is 6. The highest BCUT2D eigenvalue weighted by atomic mass is 32.2. The van der Waals surface area contributed by atoms with Gasteiger partial charge in [0, 0.05) is 25.1 Å². The standard InChI is InChI=1S/C13H16FNO5S/c1-2-20-10-4-3-5-11(6-10)21(18,19)15-7-9(8-15)12(14)13(16)17/h3-6,9,12H,2,7-8H2,1H3,(H,16,17). The van der Waals surface area contributed by atoms with Gasteiger partial charge in [-0.15, -0.1) is 0 Å². The molecule has 0 radical (unpaired) electrons. The Balaban J connectivity index is 2.10. The van der Waals surface area contributed by atoms with E-state index in [2.05, 4.69) is 0 Å². The molecule has 1 unspecified atom stereocenters. The van der Waals surface area contributed by atoms with Crippen LogP contribution in [0.1, 0.15) is 6.92 Å². The Hall–Kier alpha value is -1.67. The molecule has 8 heteroatoms. The molecule has 116 valence electrons. The maximum atomic E-state index is 13.3. The Kier molecular flexibility index (Phi) is 4.48. The number of carbonyl (C=O) groups is 1. The number of hydrogen-bond donors (Lipinski definition) is 1. The summed E-state index contributed by atoms with van der Waals surface area (Å²) in [5.41, 5.74) is 0. The van der Waals surface area contributed by atoms with E-state index in [1.165, 1.54) is 12.1 Å². The van der Waals surface area contributed by atoms with E-state index >= 15 is 0 Å². The second-order valence-electron chi connectivity index (χ2n) is 4.73. The summed E-state index contributed by atoms with van der Waals surface area (Å²) in [6.45, 7) is 1.94. The van der Waals surface area contributed by atoms with E-state index in [-0.39, 0.29) is 18.0 Å². The van der Waals surface area contributed by atoms with Crippen molar-refractivity contribution in [3.8, 4) is 5.75 Å². The number of aliphatic carboxylic acids is 1. The van der Waals surface area contributed by atoms with Crippen LogP contribution in [-0.4, -0.2) is 49.7 Å². The van der Waals surface area contributed by atoms with Crippen LogP contribution in [-0.2, 0) is 14.8 Å². The number of sulfonamides is 1. The lowest BCUT2D eigenvalue weighted by molar-refractivity contribution is -0.146. The molecule has 1 saturated heterocycles. The topological polar surface area (TPSA) is 83.9 Å². The average Bonchev–Trinajstić information content (AvgIpc) is 2.37. The third-order valence-electron chi connectivity index (χ3n) is 3.28. The molecule has 0 saturated carbocycles. The zero-order valence-corrected chi connectivity index (χ0v) is 12.2. The van der Waals surface area contributed by atoms with Crippen LogP contribution in [0.5, 0.6) is 5.75 Å². The molecule has 1 atom stereocenters. The van der Waals surface area contributed by atoms with E-state index in [0.717, 1.165) is 4.31 Å². The first kappa shape index (κ1) is 15.7. The first-order valence-corrected chi connectivity index (χ1v) is 7.90. The van der Waals surface area contributed by atoms with Crippen LogP contribution in [0.4, 0.5) is 4.39 Å². The maximum absolute atomic E-state index is 13.3. The minimum atomic E-state index is -3.74. The molecular formula is C13H16FNO5S. The number of carboxylic acid groups (broad SMARTS) is 1. The molecule has 0 spiro atoms. The van der Waals surface area contributed by atoms with Gasteiger partial charge in [-0.1, -0.05) is 6.07 Å². The number of alkyl halides is 1. The SMILES string of the molecule is CCOc1cccc(S(=O)(=O)N2CC(C(F)C(=O)O)C2)c1. The molecule has 1 heterocycles. The molecule has 0 amide bonds. The molecule has 1 aliphatic heterocycles. The third kappa shape index (κ3) is 3.16. The van der Waals surface area contributed by atoms with Crippen molar-refractivity contribution in [2.75, 3.05) is 19.7 Å². The van der Waals surface area contributed by atoms with Gasteiger partial charge in [0.2, 0.25) is 16.2 Å². The van der Waals surface area contributed by atoms with E-state index in [1.54, 1.807) is 19.1 Å². The van der Waals surface area contributed by atoms with Gasteiger partial charge in [0.1, 0.15) is 5.75 Å². The largest absolute Gasteiger partial charge is 0.494 e. The Labute approximate surface area is 122 Å². The van der Waals surface area contributed by atoms with Gasteiger partial charge in [0.15, 0.2) is 0 Å². The molecule has 1 fully saturated rings. The van der Waals surface area contributed by atoms with Crippen molar-refractivity contribution in [3.63, 3.8) is 0 Å². The fourth-order valence-corrected chi connectivity index (χ4v) is 3.68. The fraction of sp³-hybridized carbons (Fsp3) is 0.462. The minimum absolute atomic E-state index is 0.0534. The molecule has 0 bridgehead atoms. The second-order valence-corrected chi connectivity index (χ2v) is 6.67. The van der Waals surface area contributed by atoms with Crippen molar-refractivity contribution in [1.82, 2.24) is 4.31 Å². The zero-order chi connectivity index (χ0) is 15.6. The van der Waals surface area contributed by atoms with Crippen LogP contribution in [0.3, 0.4) is 0 Å². The number of halogens is 1. The predicted molar refractivity (Wildman–Crippen MR) is 72.4 cm³/mol. The van der Waals surface area contributed by atoms with E-state index in [1.807, 2.05) is 0 Å². The second kappa shape index (κ2) is 5.98. The molecule has 0 aromatic heterocycles. The number of carboxylic acids is 1. The molecule has 1 aliphatic rings. The van der Waals surface area contributed by atoms with Crippen molar-refractivity contribution in [1.29, 1.82) is 0 Å². The van der Waals surface area contributed by atoms with Gasteiger partial charge in [-0.05, 0) is 19.1 Å². The van der Waals surface area contributed by atoms with Gasteiger partial charge >= 0.3 is 5.97 Å².